The number of carboxylic acid groups (broad SMARTS) is 1. The van der Waals surface area contributed by atoms with Crippen molar-refractivity contribution in [3.8, 4) is 5.75 Å². The van der Waals surface area contributed by atoms with E-state index in [0.29, 0.717) is 5.75 Å². The number of halogens is 1. The highest BCUT2D eigenvalue weighted by Crippen LogP contribution is 2.19. The SMILES string of the molecule is CC(NC(=O)C(C)(C)Oc1ccc(F)cc1)C(C)C(=O)O. The molecule has 0 spiro atoms. The third-order valence-electron chi connectivity index (χ3n) is 3.23. The summed E-state index contributed by atoms with van der Waals surface area (Å²) in [6.45, 7) is 6.25. The molecular weight excluding hydrogens is 277 g/mol. The highest BCUT2D eigenvalue weighted by Gasteiger charge is 2.32. The molecule has 0 bridgehead atoms. The molecule has 0 saturated heterocycles. The maximum Gasteiger partial charge on any atom is 0.308 e. The van der Waals surface area contributed by atoms with Crippen molar-refractivity contribution in [3.63, 3.8) is 0 Å². The molecule has 1 aromatic carbocycles. The lowest BCUT2D eigenvalue weighted by Crippen LogP contribution is -2.51. The first-order valence-electron chi connectivity index (χ1n) is 6.62. The summed E-state index contributed by atoms with van der Waals surface area (Å²) in [7, 11) is 0. The highest BCUT2D eigenvalue weighted by atomic mass is 19.1. The van der Waals surface area contributed by atoms with Gasteiger partial charge in [0.15, 0.2) is 5.60 Å². The standard InChI is InChI=1S/C15H20FNO4/c1-9(13(18)19)10(2)17-14(20)15(3,4)21-12-7-5-11(16)6-8-12/h5-10H,1-4H3,(H,17,20)(H,18,19). The molecule has 5 nitrogen and oxygen atoms in total. The number of ether oxygens (including phenoxy) is 1. The van der Waals surface area contributed by atoms with Crippen molar-refractivity contribution in [1.29, 1.82) is 0 Å². The van der Waals surface area contributed by atoms with Crippen LogP contribution < -0.4 is 10.1 Å². The van der Waals surface area contributed by atoms with Crippen molar-refractivity contribution in [2.45, 2.75) is 39.3 Å². The van der Waals surface area contributed by atoms with Crippen molar-refractivity contribution in [2.24, 2.45) is 5.92 Å². The van der Waals surface area contributed by atoms with Gasteiger partial charge in [0.05, 0.1) is 5.92 Å². The van der Waals surface area contributed by atoms with Crippen LogP contribution in [0, 0.1) is 11.7 Å². The number of carbonyl (C=O) groups is 2. The van der Waals surface area contributed by atoms with Crippen LogP contribution in [0.4, 0.5) is 4.39 Å². The van der Waals surface area contributed by atoms with Crippen molar-refractivity contribution < 1.29 is 23.8 Å². The van der Waals surface area contributed by atoms with Gasteiger partial charge in [0.1, 0.15) is 11.6 Å². The van der Waals surface area contributed by atoms with Crippen molar-refractivity contribution in [3.05, 3.63) is 30.1 Å². The first-order valence-corrected chi connectivity index (χ1v) is 6.62. The zero-order chi connectivity index (χ0) is 16.2. The molecule has 116 valence electrons. The molecule has 1 amide bonds. The molecular formula is C15H20FNO4. The smallest absolute Gasteiger partial charge is 0.308 e. The van der Waals surface area contributed by atoms with Gasteiger partial charge < -0.3 is 15.2 Å². The van der Waals surface area contributed by atoms with Gasteiger partial charge in [-0.05, 0) is 52.0 Å². The minimum atomic E-state index is -1.20. The molecule has 0 heterocycles. The summed E-state index contributed by atoms with van der Waals surface area (Å²) in [6.07, 6.45) is 0. The fourth-order valence-corrected chi connectivity index (χ4v) is 1.56. The lowest BCUT2D eigenvalue weighted by molar-refractivity contribution is -0.143. The molecule has 2 unspecified atom stereocenters. The van der Waals surface area contributed by atoms with E-state index in [4.69, 9.17) is 9.84 Å². The predicted octanol–water partition coefficient (Wildman–Crippen LogP) is 2.21. The molecule has 0 aliphatic heterocycles. The first-order chi connectivity index (χ1) is 9.63. The van der Waals surface area contributed by atoms with Crippen LogP contribution in [0.15, 0.2) is 24.3 Å². The number of rotatable bonds is 6. The monoisotopic (exact) mass is 297 g/mol. The van der Waals surface area contributed by atoms with Crippen LogP contribution in [-0.2, 0) is 9.59 Å². The molecule has 1 aromatic rings. The Morgan fingerprint density at radius 2 is 1.76 bits per heavy atom. The number of carbonyl (C=O) groups excluding carboxylic acids is 1. The number of nitrogens with one attached hydrogen (secondary N) is 1. The molecule has 2 atom stereocenters. The fourth-order valence-electron chi connectivity index (χ4n) is 1.56. The second-order valence-corrected chi connectivity index (χ2v) is 5.46. The Kier molecular flexibility index (Phi) is 5.29. The molecule has 21 heavy (non-hydrogen) atoms. The van der Waals surface area contributed by atoms with E-state index in [1.165, 1.54) is 31.2 Å². The van der Waals surface area contributed by atoms with Crippen LogP contribution >= 0.6 is 0 Å². The normalized spacial score (nSPS) is 14.1. The number of amides is 1. The largest absolute Gasteiger partial charge is 0.481 e. The lowest BCUT2D eigenvalue weighted by atomic mass is 10.0. The average Bonchev–Trinajstić information content (AvgIpc) is 2.39. The minimum Gasteiger partial charge on any atom is -0.481 e. The molecule has 0 aromatic heterocycles. The van der Waals surface area contributed by atoms with Crippen LogP contribution in [0.2, 0.25) is 0 Å². The molecule has 2 N–H and O–H groups in total. The van der Waals surface area contributed by atoms with E-state index in [-0.39, 0.29) is 0 Å². The third kappa shape index (κ3) is 4.73. The van der Waals surface area contributed by atoms with Crippen molar-refractivity contribution >= 4 is 11.9 Å². The van der Waals surface area contributed by atoms with Crippen molar-refractivity contribution in [1.82, 2.24) is 5.32 Å². The van der Waals surface area contributed by atoms with E-state index in [1.807, 2.05) is 0 Å². The number of hydrogen-bond donors (Lipinski definition) is 2. The summed E-state index contributed by atoms with van der Waals surface area (Å²) >= 11 is 0. The summed E-state index contributed by atoms with van der Waals surface area (Å²) in [4.78, 5) is 23.0. The molecule has 6 heteroatoms. The minimum absolute atomic E-state index is 0.357. The van der Waals surface area contributed by atoms with Gasteiger partial charge in [-0.3, -0.25) is 9.59 Å². The zero-order valence-corrected chi connectivity index (χ0v) is 12.5. The average molecular weight is 297 g/mol. The fraction of sp³-hybridized carbons (Fsp3) is 0.467. The molecule has 1 rings (SSSR count). The molecule has 0 aliphatic carbocycles. The quantitative estimate of drug-likeness (QED) is 0.844. The summed E-state index contributed by atoms with van der Waals surface area (Å²) < 4.78 is 18.4. The first kappa shape index (κ1) is 16.9. The van der Waals surface area contributed by atoms with Gasteiger partial charge in [0.25, 0.3) is 5.91 Å². The summed E-state index contributed by atoms with van der Waals surface area (Å²) in [5, 5.41) is 11.5. The maximum atomic E-state index is 12.8. The molecule has 0 aliphatic rings. The Balaban J connectivity index is 2.70. The summed E-state index contributed by atoms with van der Waals surface area (Å²) in [5.74, 6) is -2.17. The maximum absolute atomic E-state index is 12.8. The Labute approximate surface area is 123 Å². The van der Waals surface area contributed by atoms with Gasteiger partial charge in [-0.15, -0.1) is 0 Å². The lowest BCUT2D eigenvalue weighted by Gasteiger charge is -2.28. The Morgan fingerprint density at radius 1 is 1.24 bits per heavy atom. The van der Waals surface area contributed by atoms with E-state index in [0.717, 1.165) is 0 Å². The second-order valence-electron chi connectivity index (χ2n) is 5.46. The van der Waals surface area contributed by atoms with E-state index in [9.17, 15) is 14.0 Å². The Hall–Kier alpha value is -2.11. The number of benzene rings is 1. The van der Waals surface area contributed by atoms with Crippen LogP contribution in [0.3, 0.4) is 0 Å². The highest BCUT2D eigenvalue weighted by molar-refractivity contribution is 5.85. The van der Waals surface area contributed by atoms with Crippen LogP contribution in [0.25, 0.3) is 0 Å². The Bertz CT molecular complexity index is 513. The zero-order valence-electron chi connectivity index (χ0n) is 12.5. The summed E-state index contributed by atoms with van der Waals surface area (Å²) in [6, 6.07) is 4.78. The number of aliphatic carboxylic acids is 1. The predicted molar refractivity (Wildman–Crippen MR) is 75.5 cm³/mol. The van der Waals surface area contributed by atoms with E-state index < -0.39 is 35.3 Å². The van der Waals surface area contributed by atoms with Crippen LogP contribution in [0.1, 0.15) is 27.7 Å². The molecule has 0 radical (unpaired) electrons. The molecule has 0 fully saturated rings. The van der Waals surface area contributed by atoms with Gasteiger partial charge in [-0.2, -0.15) is 0 Å². The molecule has 0 saturated carbocycles. The number of carboxylic acids is 1. The second kappa shape index (κ2) is 6.56. The van der Waals surface area contributed by atoms with E-state index in [2.05, 4.69) is 5.32 Å². The van der Waals surface area contributed by atoms with E-state index >= 15 is 0 Å². The van der Waals surface area contributed by atoms with Gasteiger partial charge in [-0.25, -0.2) is 4.39 Å². The van der Waals surface area contributed by atoms with Gasteiger partial charge in [-0.1, -0.05) is 0 Å². The Morgan fingerprint density at radius 3 is 2.24 bits per heavy atom. The number of hydrogen-bond acceptors (Lipinski definition) is 3. The van der Waals surface area contributed by atoms with Gasteiger partial charge in [0, 0.05) is 6.04 Å². The third-order valence-corrected chi connectivity index (χ3v) is 3.23. The summed E-state index contributed by atoms with van der Waals surface area (Å²) in [5.41, 5.74) is -1.20. The topological polar surface area (TPSA) is 75.6 Å². The van der Waals surface area contributed by atoms with Gasteiger partial charge in [0.2, 0.25) is 0 Å². The van der Waals surface area contributed by atoms with Crippen LogP contribution in [0.5, 0.6) is 5.75 Å². The van der Waals surface area contributed by atoms with Crippen LogP contribution in [-0.4, -0.2) is 28.6 Å². The van der Waals surface area contributed by atoms with Gasteiger partial charge >= 0.3 is 5.97 Å². The van der Waals surface area contributed by atoms with Crippen molar-refractivity contribution in [2.75, 3.05) is 0 Å². The van der Waals surface area contributed by atoms with E-state index in [1.54, 1.807) is 20.8 Å².